The molecule has 0 atom stereocenters. The smallest absolute Gasteiger partial charge is 0.287 e. The molecule has 1 aliphatic carbocycles. The van der Waals surface area contributed by atoms with Crippen LogP contribution in [-0.4, -0.2) is 37.0 Å². The number of aryl methyl sites for hydroxylation is 1. The Kier molecular flexibility index (Phi) is 5.13. The molecule has 25 heavy (non-hydrogen) atoms. The van der Waals surface area contributed by atoms with Crippen molar-refractivity contribution in [1.82, 2.24) is 10.2 Å². The van der Waals surface area contributed by atoms with Crippen molar-refractivity contribution in [2.45, 2.75) is 51.0 Å². The number of carbonyl (C=O) groups excluding carboxylic acids is 1. The summed E-state index contributed by atoms with van der Waals surface area (Å²) < 4.78 is 19.1. The Morgan fingerprint density at radius 3 is 2.56 bits per heavy atom. The maximum absolute atomic E-state index is 13.4. The molecule has 0 radical (unpaired) electrons. The second-order valence-electron chi connectivity index (χ2n) is 7.41. The van der Waals surface area contributed by atoms with Crippen molar-refractivity contribution in [3.05, 3.63) is 35.3 Å². The minimum Gasteiger partial charge on any atom is -0.451 e. The first-order valence-electron chi connectivity index (χ1n) is 9.07. The van der Waals surface area contributed by atoms with Gasteiger partial charge in [-0.25, -0.2) is 4.39 Å². The first kappa shape index (κ1) is 17.9. The van der Waals surface area contributed by atoms with Crippen molar-refractivity contribution in [2.75, 3.05) is 20.6 Å². The lowest BCUT2D eigenvalue weighted by Crippen LogP contribution is -2.52. The number of nitrogens with zero attached hydrogens (tertiary/aromatic N) is 1. The number of halogens is 1. The summed E-state index contributed by atoms with van der Waals surface area (Å²) in [6.07, 6.45) is 7.08. The van der Waals surface area contributed by atoms with E-state index in [1.165, 1.54) is 37.8 Å². The molecule has 1 aromatic carbocycles. The van der Waals surface area contributed by atoms with Gasteiger partial charge in [0.15, 0.2) is 5.76 Å². The van der Waals surface area contributed by atoms with Crippen LogP contribution in [0.4, 0.5) is 4.39 Å². The average molecular weight is 346 g/mol. The van der Waals surface area contributed by atoms with Crippen LogP contribution in [0, 0.1) is 12.7 Å². The second kappa shape index (κ2) is 7.16. The van der Waals surface area contributed by atoms with Gasteiger partial charge in [-0.3, -0.25) is 4.79 Å². The number of hydrogen-bond acceptors (Lipinski definition) is 3. The topological polar surface area (TPSA) is 45.5 Å². The van der Waals surface area contributed by atoms with Crippen LogP contribution in [-0.2, 0) is 0 Å². The van der Waals surface area contributed by atoms with Crippen molar-refractivity contribution in [3.8, 4) is 0 Å². The van der Waals surface area contributed by atoms with Gasteiger partial charge in [0.1, 0.15) is 11.4 Å². The van der Waals surface area contributed by atoms with Gasteiger partial charge < -0.3 is 14.6 Å². The largest absolute Gasteiger partial charge is 0.451 e. The monoisotopic (exact) mass is 346 g/mol. The van der Waals surface area contributed by atoms with Crippen LogP contribution in [0.5, 0.6) is 0 Å². The molecule has 1 aromatic heterocycles. The molecular weight excluding hydrogens is 319 g/mol. The third-order valence-electron chi connectivity index (χ3n) is 5.67. The SMILES string of the molecule is Cc1c(C(=O)NCC2(N(C)C)CCCCCC2)oc2ccc(F)cc12. The first-order valence-corrected chi connectivity index (χ1v) is 9.07. The fourth-order valence-electron chi connectivity index (χ4n) is 3.90. The summed E-state index contributed by atoms with van der Waals surface area (Å²) in [5.74, 6) is -0.268. The van der Waals surface area contributed by atoms with E-state index >= 15 is 0 Å². The zero-order valence-corrected chi connectivity index (χ0v) is 15.3. The molecule has 0 unspecified atom stereocenters. The zero-order valence-electron chi connectivity index (χ0n) is 15.3. The molecule has 1 N–H and O–H groups in total. The molecule has 0 aliphatic heterocycles. The summed E-state index contributed by atoms with van der Waals surface area (Å²) >= 11 is 0. The number of likely N-dealkylation sites (N-methyl/N-ethyl adjacent to an activating group) is 1. The van der Waals surface area contributed by atoms with Gasteiger partial charge in [0, 0.05) is 23.0 Å². The molecule has 0 saturated heterocycles. The van der Waals surface area contributed by atoms with Crippen molar-refractivity contribution in [1.29, 1.82) is 0 Å². The fourth-order valence-corrected chi connectivity index (χ4v) is 3.90. The second-order valence-corrected chi connectivity index (χ2v) is 7.41. The zero-order chi connectivity index (χ0) is 18.0. The van der Waals surface area contributed by atoms with Crippen LogP contribution in [0.3, 0.4) is 0 Å². The van der Waals surface area contributed by atoms with Crippen molar-refractivity contribution in [2.24, 2.45) is 0 Å². The van der Waals surface area contributed by atoms with Crippen LogP contribution in [0.15, 0.2) is 22.6 Å². The van der Waals surface area contributed by atoms with Crippen LogP contribution >= 0.6 is 0 Å². The van der Waals surface area contributed by atoms with E-state index in [1.54, 1.807) is 13.0 Å². The van der Waals surface area contributed by atoms with Gasteiger partial charge in [-0.05, 0) is 52.1 Å². The lowest BCUT2D eigenvalue weighted by Gasteiger charge is -2.39. The standard InChI is InChI=1S/C20H27FN2O2/c1-14-16-12-15(21)8-9-17(16)25-18(14)19(24)22-13-20(23(2)3)10-6-4-5-7-11-20/h8-9,12H,4-7,10-11,13H2,1-3H3,(H,22,24). The summed E-state index contributed by atoms with van der Waals surface area (Å²) in [4.78, 5) is 14.9. The van der Waals surface area contributed by atoms with Crippen molar-refractivity contribution in [3.63, 3.8) is 0 Å². The van der Waals surface area contributed by atoms with Crippen LogP contribution in [0.1, 0.15) is 54.6 Å². The molecule has 2 aromatic rings. The minimum atomic E-state index is -0.326. The van der Waals surface area contributed by atoms with E-state index in [9.17, 15) is 9.18 Å². The Balaban J connectivity index is 1.78. The van der Waals surface area contributed by atoms with E-state index in [1.807, 2.05) is 0 Å². The number of carbonyl (C=O) groups is 1. The van der Waals surface area contributed by atoms with Gasteiger partial charge in [-0.2, -0.15) is 0 Å². The van der Waals surface area contributed by atoms with E-state index < -0.39 is 0 Å². The number of nitrogens with one attached hydrogen (secondary N) is 1. The summed E-state index contributed by atoms with van der Waals surface area (Å²) in [7, 11) is 4.18. The first-order chi connectivity index (χ1) is 11.9. The quantitative estimate of drug-likeness (QED) is 0.841. The molecular formula is C20H27FN2O2. The third-order valence-corrected chi connectivity index (χ3v) is 5.67. The highest BCUT2D eigenvalue weighted by molar-refractivity contribution is 5.98. The number of benzene rings is 1. The van der Waals surface area contributed by atoms with Crippen molar-refractivity contribution < 1.29 is 13.6 Å². The van der Waals surface area contributed by atoms with Gasteiger partial charge >= 0.3 is 0 Å². The van der Waals surface area contributed by atoms with Gasteiger partial charge in [0.05, 0.1) is 0 Å². The van der Waals surface area contributed by atoms with E-state index in [2.05, 4.69) is 24.3 Å². The molecule has 1 aliphatic rings. The number of rotatable bonds is 4. The predicted molar refractivity (Wildman–Crippen MR) is 97.4 cm³/mol. The van der Waals surface area contributed by atoms with Crippen LogP contribution < -0.4 is 5.32 Å². The Hall–Kier alpha value is -1.88. The molecule has 1 amide bonds. The van der Waals surface area contributed by atoms with Crippen LogP contribution in [0.25, 0.3) is 11.0 Å². The predicted octanol–water partition coefficient (Wildman–Crippen LogP) is 4.26. The summed E-state index contributed by atoms with van der Waals surface area (Å²) in [6, 6.07) is 4.33. The number of fused-ring (bicyclic) bond motifs is 1. The molecule has 1 heterocycles. The molecule has 1 fully saturated rings. The maximum Gasteiger partial charge on any atom is 0.287 e. The van der Waals surface area contributed by atoms with Gasteiger partial charge in [-0.15, -0.1) is 0 Å². The molecule has 5 heteroatoms. The maximum atomic E-state index is 13.4. The summed E-state index contributed by atoms with van der Waals surface area (Å²) in [5.41, 5.74) is 1.23. The Morgan fingerprint density at radius 1 is 1.24 bits per heavy atom. The summed E-state index contributed by atoms with van der Waals surface area (Å²) in [6.45, 7) is 2.40. The van der Waals surface area contributed by atoms with Gasteiger partial charge in [-0.1, -0.05) is 25.7 Å². The minimum absolute atomic E-state index is 0.00180. The lowest BCUT2D eigenvalue weighted by molar-refractivity contribution is 0.0845. The molecule has 0 bridgehead atoms. The molecule has 136 valence electrons. The third kappa shape index (κ3) is 3.56. The van der Waals surface area contributed by atoms with Gasteiger partial charge in [0.2, 0.25) is 0 Å². The Morgan fingerprint density at radius 2 is 1.92 bits per heavy atom. The molecule has 1 saturated carbocycles. The summed E-state index contributed by atoms with van der Waals surface area (Å²) in [5, 5.41) is 3.72. The molecule has 4 nitrogen and oxygen atoms in total. The normalized spacial score (nSPS) is 17.6. The highest BCUT2D eigenvalue weighted by Gasteiger charge is 2.34. The van der Waals surface area contributed by atoms with Crippen molar-refractivity contribution >= 4 is 16.9 Å². The number of amides is 1. The highest BCUT2D eigenvalue weighted by Crippen LogP contribution is 2.31. The average Bonchev–Trinajstić information content (AvgIpc) is 2.76. The Labute approximate surface area is 148 Å². The number of hydrogen-bond donors (Lipinski definition) is 1. The van der Waals surface area contributed by atoms with E-state index in [-0.39, 0.29) is 23.0 Å². The fraction of sp³-hybridized carbons (Fsp3) is 0.550. The van der Waals surface area contributed by atoms with Crippen LogP contribution in [0.2, 0.25) is 0 Å². The lowest BCUT2D eigenvalue weighted by atomic mass is 9.88. The van der Waals surface area contributed by atoms with E-state index in [4.69, 9.17) is 4.42 Å². The molecule has 0 spiro atoms. The van der Waals surface area contributed by atoms with E-state index in [0.29, 0.717) is 23.1 Å². The Bertz CT molecular complexity index is 758. The highest BCUT2D eigenvalue weighted by atomic mass is 19.1. The molecule has 3 rings (SSSR count). The van der Waals surface area contributed by atoms with Gasteiger partial charge in [0.25, 0.3) is 5.91 Å². The number of furan rings is 1. The van der Waals surface area contributed by atoms with E-state index in [0.717, 1.165) is 12.8 Å².